The second kappa shape index (κ2) is 8.94. The molecule has 1 N–H and O–H groups in total. The van der Waals surface area contributed by atoms with E-state index >= 15 is 0 Å². The zero-order valence-electron chi connectivity index (χ0n) is 14.4. The Labute approximate surface area is 147 Å². The molecule has 7 heteroatoms. The maximum absolute atomic E-state index is 12.4. The van der Waals surface area contributed by atoms with Crippen molar-refractivity contribution in [2.75, 3.05) is 65.7 Å². The van der Waals surface area contributed by atoms with Crippen molar-refractivity contribution in [1.82, 2.24) is 15.1 Å². The van der Waals surface area contributed by atoms with Crippen molar-refractivity contribution in [3.63, 3.8) is 0 Å². The van der Waals surface area contributed by atoms with Crippen LogP contribution in [0.4, 0.5) is 0 Å². The summed E-state index contributed by atoms with van der Waals surface area (Å²) in [5.41, 5.74) is 1.17. The number of rotatable bonds is 5. The van der Waals surface area contributed by atoms with Gasteiger partial charge in [-0.2, -0.15) is 0 Å². The lowest BCUT2D eigenvalue weighted by Gasteiger charge is -2.27. The molecule has 0 aliphatic carbocycles. The van der Waals surface area contributed by atoms with Crippen LogP contribution in [-0.4, -0.2) is 87.3 Å². The summed E-state index contributed by atoms with van der Waals surface area (Å²) < 4.78 is 10.6. The molecule has 0 bridgehead atoms. The Hall–Kier alpha value is -1.96. The van der Waals surface area contributed by atoms with Gasteiger partial charge < -0.3 is 19.7 Å². The lowest BCUT2D eigenvalue weighted by atomic mass is 10.1. The number of benzene rings is 1. The third kappa shape index (κ3) is 5.01. The van der Waals surface area contributed by atoms with Gasteiger partial charge in [0.25, 0.3) is 11.8 Å². The van der Waals surface area contributed by atoms with Crippen LogP contribution in [0.15, 0.2) is 24.3 Å². The van der Waals surface area contributed by atoms with Gasteiger partial charge in [-0.1, -0.05) is 0 Å². The number of morpholine rings is 2. The molecule has 1 aromatic carbocycles. The molecule has 0 unspecified atom stereocenters. The zero-order valence-corrected chi connectivity index (χ0v) is 14.4. The predicted octanol–water partition coefficient (Wildman–Crippen LogP) is 0.221. The summed E-state index contributed by atoms with van der Waals surface area (Å²) in [7, 11) is 0. The number of amides is 2. The van der Waals surface area contributed by atoms with E-state index in [2.05, 4.69) is 10.2 Å². The first-order valence-electron chi connectivity index (χ1n) is 8.79. The minimum Gasteiger partial charge on any atom is -0.379 e. The third-order valence-corrected chi connectivity index (χ3v) is 4.51. The molecule has 2 fully saturated rings. The van der Waals surface area contributed by atoms with Crippen LogP contribution >= 0.6 is 0 Å². The van der Waals surface area contributed by atoms with E-state index in [9.17, 15) is 9.59 Å². The summed E-state index contributed by atoms with van der Waals surface area (Å²) in [4.78, 5) is 28.6. The van der Waals surface area contributed by atoms with E-state index in [1.54, 1.807) is 29.2 Å². The normalized spacial score (nSPS) is 18.8. The van der Waals surface area contributed by atoms with Gasteiger partial charge in [-0.15, -0.1) is 0 Å². The maximum Gasteiger partial charge on any atom is 0.254 e. The molecule has 0 saturated carbocycles. The molecule has 136 valence electrons. The lowest BCUT2D eigenvalue weighted by Crippen LogP contribution is -2.41. The van der Waals surface area contributed by atoms with Gasteiger partial charge in [-0.05, 0) is 24.3 Å². The largest absolute Gasteiger partial charge is 0.379 e. The van der Waals surface area contributed by atoms with E-state index in [1.165, 1.54) is 0 Å². The first kappa shape index (κ1) is 17.8. The lowest BCUT2D eigenvalue weighted by molar-refractivity contribution is 0.0303. The van der Waals surface area contributed by atoms with Crippen LogP contribution in [0.5, 0.6) is 0 Å². The molecule has 0 spiro atoms. The van der Waals surface area contributed by atoms with E-state index in [0.29, 0.717) is 44.0 Å². The zero-order chi connectivity index (χ0) is 17.5. The van der Waals surface area contributed by atoms with Crippen molar-refractivity contribution < 1.29 is 19.1 Å². The Morgan fingerprint density at radius 2 is 1.44 bits per heavy atom. The quantitative estimate of drug-likeness (QED) is 0.825. The van der Waals surface area contributed by atoms with E-state index < -0.39 is 0 Å². The highest BCUT2D eigenvalue weighted by molar-refractivity contribution is 5.97. The van der Waals surface area contributed by atoms with Crippen molar-refractivity contribution in [3.8, 4) is 0 Å². The highest BCUT2D eigenvalue weighted by atomic mass is 16.5. The molecule has 1 aromatic rings. The van der Waals surface area contributed by atoms with Crippen molar-refractivity contribution in [1.29, 1.82) is 0 Å². The number of hydrogen-bond acceptors (Lipinski definition) is 5. The van der Waals surface area contributed by atoms with E-state index in [0.717, 1.165) is 32.8 Å². The molecule has 2 aliphatic rings. The van der Waals surface area contributed by atoms with Crippen LogP contribution < -0.4 is 5.32 Å². The first-order chi connectivity index (χ1) is 12.2. The Bertz CT molecular complexity index is 578. The second-order valence-corrected chi connectivity index (χ2v) is 6.19. The Kier molecular flexibility index (Phi) is 6.38. The number of nitrogens with one attached hydrogen (secondary N) is 1. The summed E-state index contributed by atoms with van der Waals surface area (Å²) in [6.45, 7) is 7.15. The number of carbonyl (C=O) groups is 2. The Morgan fingerprint density at radius 3 is 2.08 bits per heavy atom. The SMILES string of the molecule is O=C(NCCN1CCOCC1)c1ccc(C(=O)N2CCOCC2)cc1. The van der Waals surface area contributed by atoms with Crippen LogP contribution in [0, 0.1) is 0 Å². The van der Waals surface area contributed by atoms with Gasteiger partial charge in [0.1, 0.15) is 0 Å². The number of carbonyl (C=O) groups excluding carboxylic acids is 2. The summed E-state index contributed by atoms with van der Waals surface area (Å²) in [6.07, 6.45) is 0. The molecule has 2 amide bonds. The van der Waals surface area contributed by atoms with E-state index in [-0.39, 0.29) is 11.8 Å². The van der Waals surface area contributed by atoms with Crippen LogP contribution in [-0.2, 0) is 9.47 Å². The molecular weight excluding hydrogens is 322 g/mol. The molecule has 2 saturated heterocycles. The molecule has 0 radical (unpaired) electrons. The first-order valence-corrected chi connectivity index (χ1v) is 8.79. The average Bonchev–Trinajstić information content (AvgIpc) is 2.69. The molecule has 0 aromatic heterocycles. The summed E-state index contributed by atoms with van der Waals surface area (Å²) in [5.74, 6) is -0.124. The topological polar surface area (TPSA) is 71.1 Å². The van der Waals surface area contributed by atoms with Crippen LogP contribution in [0.3, 0.4) is 0 Å². The highest BCUT2D eigenvalue weighted by Crippen LogP contribution is 2.09. The minimum atomic E-state index is -0.112. The molecule has 0 atom stereocenters. The Balaban J connectivity index is 1.47. The maximum atomic E-state index is 12.4. The van der Waals surface area contributed by atoms with Crippen LogP contribution in [0.1, 0.15) is 20.7 Å². The standard InChI is InChI=1S/C18H25N3O4/c22-17(19-5-6-20-7-11-24-12-8-20)15-1-3-16(4-2-15)18(23)21-9-13-25-14-10-21/h1-4H,5-14H2,(H,19,22). The predicted molar refractivity (Wildman–Crippen MR) is 92.8 cm³/mol. The number of nitrogens with zero attached hydrogens (tertiary/aromatic N) is 2. The van der Waals surface area contributed by atoms with Gasteiger partial charge in [0.15, 0.2) is 0 Å². The van der Waals surface area contributed by atoms with E-state index in [4.69, 9.17) is 9.47 Å². The van der Waals surface area contributed by atoms with Gasteiger partial charge in [0.2, 0.25) is 0 Å². The van der Waals surface area contributed by atoms with Gasteiger partial charge in [-0.3, -0.25) is 14.5 Å². The molecule has 3 rings (SSSR count). The summed E-state index contributed by atoms with van der Waals surface area (Å²) in [5, 5.41) is 2.93. The monoisotopic (exact) mass is 347 g/mol. The number of ether oxygens (including phenoxy) is 2. The molecular formula is C18H25N3O4. The van der Waals surface area contributed by atoms with Gasteiger partial charge in [-0.25, -0.2) is 0 Å². The molecule has 25 heavy (non-hydrogen) atoms. The van der Waals surface area contributed by atoms with Crippen molar-refractivity contribution in [2.45, 2.75) is 0 Å². The fourth-order valence-electron chi connectivity index (χ4n) is 2.97. The van der Waals surface area contributed by atoms with Gasteiger partial charge >= 0.3 is 0 Å². The van der Waals surface area contributed by atoms with Crippen molar-refractivity contribution in [3.05, 3.63) is 35.4 Å². The number of hydrogen-bond donors (Lipinski definition) is 1. The highest BCUT2D eigenvalue weighted by Gasteiger charge is 2.18. The fourth-order valence-corrected chi connectivity index (χ4v) is 2.97. The van der Waals surface area contributed by atoms with E-state index in [1.807, 2.05) is 0 Å². The molecule has 2 aliphatic heterocycles. The van der Waals surface area contributed by atoms with Crippen molar-refractivity contribution in [2.24, 2.45) is 0 Å². The van der Waals surface area contributed by atoms with Crippen molar-refractivity contribution >= 4 is 11.8 Å². The third-order valence-electron chi connectivity index (χ3n) is 4.51. The van der Waals surface area contributed by atoms with Crippen LogP contribution in [0.2, 0.25) is 0 Å². The molecule has 7 nitrogen and oxygen atoms in total. The molecule has 2 heterocycles. The van der Waals surface area contributed by atoms with Gasteiger partial charge in [0, 0.05) is 50.4 Å². The Morgan fingerprint density at radius 1 is 0.880 bits per heavy atom. The average molecular weight is 347 g/mol. The second-order valence-electron chi connectivity index (χ2n) is 6.19. The minimum absolute atomic E-state index is 0.0115. The fraction of sp³-hybridized carbons (Fsp3) is 0.556. The van der Waals surface area contributed by atoms with Crippen LogP contribution in [0.25, 0.3) is 0 Å². The summed E-state index contributed by atoms with van der Waals surface area (Å²) in [6, 6.07) is 6.85. The van der Waals surface area contributed by atoms with Gasteiger partial charge in [0.05, 0.1) is 26.4 Å². The summed E-state index contributed by atoms with van der Waals surface area (Å²) >= 11 is 0. The smallest absolute Gasteiger partial charge is 0.254 e.